The first-order valence-electron chi connectivity index (χ1n) is 3.84. The molecular weight excluding hydrogens is 223 g/mol. The van der Waals surface area contributed by atoms with Crippen LogP contribution < -0.4 is 0 Å². The number of aromatic nitrogens is 4. The quantitative estimate of drug-likeness (QED) is 0.704. The summed E-state index contributed by atoms with van der Waals surface area (Å²) in [5.41, 5.74) is 1.41. The van der Waals surface area contributed by atoms with Crippen LogP contribution in [-0.2, 0) is 7.05 Å². The van der Waals surface area contributed by atoms with Gasteiger partial charge in [-0.2, -0.15) is 0 Å². The molecule has 0 aliphatic heterocycles. The Kier molecular flexibility index (Phi) is 2.39. The summed E-state index contributed by atoms with van der Waals surface area (Å²) >= 11 is 11.6. The fourth-order valence-corrected chi connectivity index (χ4v) is 1.53. The number of aryl methyl sites for hydroxylation is 1. The van der Waals surface area contributed by atoms with E-state index in [-0.39, 0.29) is 0 Å². The van der Waals surface area contributed by atoms with Crippen molar-refractivity contribution < 1.29 is 0 Å². The van der Waals surface area contributed by atoms with Gasteiger partial charge < -0.3 is 0 Å². The second-order valence-electron chi connectivity index (χ2n) is 2.76. The zero-order valence-electron chi connectivity index (χ0n) is 7.28. The predicted octanol–water partition coefficient (Wildman–Crippen LogP) is 2.18. The largest absolute Gasteiger partial charge is 0.255 e. The standard InChI is InChI=1S/C8H6Cl2N4/c1-14-4-7(12-13-14)5-3-11-8(10)2-6(5)9/h2-4H,1H3. The lowest BCUT2D eigenvalue weighted by Gasteiger charge is -1.98. The molecule has 0 N–H and O–H groups in total. The van der Waals surface area contributed by atoms with Crippen molar-refractivity contribution in [2.45, 2.75) is 0 Å². The highest BCUT2D eigenvalue weighted by Gasteiger charge is 2.08. The fraction of sp³-hybridized carbons (Fsp3) is 0.125. The van der Waals surface area contributed by atoms with Crippen molar-refractivity contribution in [3.63, 3.8) is 0 Å². The lowest BCUT2D eigenvalue weighted by Crippen LogP contribution is -1.85. The molecule has 0 aromatic carbocycles. The van der Waals surface area contributed by atoms with Gasteiger partial charge in [0, 0.05) is 18.8 Å². The molecule has 0 atom stereocenters. The second-order valence-corrected chi connectivity index (χ2v) is 3.56. The summed E-state index contributed by atoms with van der Waals surface area (Å²) in [5, 5.41) is 8.61. The number of hydrogen-bond donors (Lipinski definition) is 0. The zero-order chi connectivity index (χ0) is 10.1. The molecule has 2 aromatic heterocycles. The summed E-state index contributed by atoms with van der Waals surface area (Å²) < 4.78 is 1.60. The third-order valence-electron chi connectivity index (χ3n) is 1.70. The molecule has 0 radical (unpaired) electrons. The molecule has 0 aliphatic carbocycles. The minimum Gasteiger partial charge on any atom is -0.255 e. The summed E-state index contributed by atoms with van der Waals surface area (Å²) in [7, 11) is 1.79. The summed E-state index contributed by atoms with van der Waals surface area (Å²) in [5.74, 6) is 0. The van der Waals surface area contributed by atoms with Crippen LogP contribution in [0.2, 0.25) is 10.2 Å². The fourth-order valence-electron chi connectivity index (χ4n) is 1.07. The van der Waals surface area contributed by atoms with Crippen LogP contribution in [0, 0.1) is 0 Å². The van der Waals surface area contributed by atoms with Crippen LogP contribution in [0.25, 0.3) is 11.3 Å². The molecule has 0 spiro atoms. The lowest BCUT2D eigenvalue weighted by atomic mass is 10.2. The van der Waals surface area contributed by atoms with Crippen molar-refractivity contribution in [3.8, 4) is 11.3 Å². The maximum atomic E-state index is 5.97. The highest BCUT2D eigenvalue weighted by molar-refractivity contribution is 6.35. The Labute approximate surface area is 90.5 Å². The smallest absolute Gasteiger partial charge is 0.130 e. The van der Waals surface area contributed by atoms with E-state index in [1.54, 1.807) is 30.2 Å². The van der Waals surface area contributed by atoms with E-state index in [1.165, 1.54) is 0 Å². The van der Waals surface area contributed by atoms with Crippen molar-refractivity contribution in [2.24, 2.45) is 7.05 Å². The SMILES string of the molecule is Cn1cc(-c2cnc(Cl)cc2Cl)nn1. The van der Waals surface area contributed by atoms with E-state index >= 15 is 0 Å². The number of nitrogens with zero attached hydrogens (tertiary/aromatic N) is 4. The van der Waals surface area contributed by atoms with E-state index < -0.39 is 0 Å². The first kappa shape index (κ1) is 9.43. The molecule has 2 heterocycles. The molecule has 4 nitrogen and oxygen atoms in total. The normalized spacial score (nSPS) is 10.5. The number of rotatable bonds is 1. The van der Waals surface area contributed by atoms with Crippen LogP contribution in [0.1, 0.15) is 0 Å². The van der Waals surface area contributed by atoms with Crippen molar-refractivity contribution >= 4 is 23.2 Å². The minimum atomic E-state index is 0.364. The van der Waals surface area contributed by atoms with Gasteiger partial charge in [-0.25, -0.2) is 4.98 Å². The summed E-state index contributed by atoms with van der Waals surface area (Å²) in [6.07, 6.45) is 3.34. The highest BCUT2D eigenvalue weighted by atomic mass is 35.5. The van der Waals surface area contributed by atoms with E-state index in [0.29, 0.717) is 15.9 Å². The molecule has 72 valence electrons. The van der Waals surface area contributed by atoms with Gasteiger partial charge in [0.15, 0.2) is 0 Å². The Morgan fingerprint density at radius 2 is 2.14 bits per heavy atom. The van der Waals surface area contributed by atoms with Crippen molar-refractivity contribution in [1.82, 2.24) is 20.0 Å². The first-order valence-corrected chi connectivity index (χ1v) is 4.60. The molecule has 0 saturated carbocycles. The number of pyridine rings is 1. The first-order chi connectivity index (χ1) is 6.66. The van der Waals surface area contributed by atoms with Crippen LogP contribution in [0.3, 0.4) is 0 Å². The molecule has 0 aliphatic rings. The third-order valence-corrected chi connectivity index (χ3v) is 2.22. The maximum absolute atomic E-state index is 5.97. The van der Waals surface area contributed by atoms with Crippen LogP contribution in [0.4, 0.5) is 0 Å². The Morgan fingerprint density at radius 3 is 2.71 bits per heavy atom. The van der Waals surface area contributed by atoms with Gasteiger partial charge in [-0.15, -0.1) is 5.10 Å². The van der Waals surface area contributed by atoms with Gasteiger partial charge in [0.25, 0.3) is 0 Å². The van der Waals surface area contributed by atoms with Gasteiger partial charge in [0.05, 0.1) is 11.2 Å². The molecule has 0 bridgehead atoms. The predicted molar refractivity (Wildman–Crippen MR) is 54.3 cm³/mol. The van der Waals surface area contributed by atoms with Crippen molar-refractivity contribution in [3.05, 3.63) is 28.6 Å². The minimum absolute atomic E-state index is 0.364. The van der Waals surface area contributed by atoms with E-state index in [4.69, 9.17) is 23.2 Å². The molecule has 0 amide bonds. The van der Waals surface area contributed by atoms with Crippen LogP contribution in [0.15, 0.2) is 18.5 Å². The van der Waals surface area contributed by atoms with Gasteiger partial charge in [-0.05, 0) is 6.07 Å². The van der Waals surface area contributed by atoms with Gasteiger partial charge in [-0.1, -0.05) is 28.4 Å². The van der Waals surface area contributed by atoms with E-state index in [0.717, 1.165) is 5.56 Å². The highest BCUT2D eigenvalue weighted by Crippen LogP contribution is 2.26. The molecular formula is C8H6Cl2N4. The van der Waals surface area contributed by atoms with Gasteiger partial charge in [-0.3, -0.25) is 4.68 Å². The van der Waals surface area contributed by atoms with E-state index in [1.807, 2.05) is 0 Å². The molecule has 6 heteroatoms. The van der Waals surface area contributed by atoms with E-state index in [9.17, 15) is 0 Å². The Hall–Kier alpha value is -1.13. The van der Waals surface area contributed by atoms with Crippen LogP contribution in [0.5, 0.6) is 0 Å². The topological polar surface area (TPSA) is 43.6 Å². The monoisotopic (exact) mass is 228 g/mol. The summed E-state index contributed by atoms with van der Waals surface area (Å²) in [4.78, 5) is 3.93. The van der Waals surface area contributed by atoms with Crippen molar-refractivity contribution in [1.29, 1.82) is 0 Å². The van der Waals surface area contributed by atoms with E-state index in [2.05, 4.69) is 15.3 Å². The average Bonchev–Trinajstić information content (AvgIpc) is 2.51. The zero-order valence-corrected chi connectivity index (χ0v) is 8.79. The molecule has 0 unspecified atom stereocenters. The molecule has 2 rings (SSSR count). The van der Waals surface area contributed by atoms with Gasteiger partial charge in [0.2, 0.25) is 0 Å². The maximum Gasteiger partial charge on any atom is 0.130 e. The third kappa shape index (κ3) is 1.71. The molecule has 0 fully saturated rings. The Morgan fingerprint density at radius 1 is 1.36 bits per heavy atom. The summed E-state index contributed by atoms with van der Waals surface area (Å²) in [6, 6.07) is 1.58. The molecule has 2 aromatic rings. The van der Waals surface area contributed by atoms with Gasteiger partial charge >= 0.3 is 0 Å². The number of hydrogen-bond acceptors (Lipinski definition) is 3. The molecule has 14 heavy (non-hydrogen) atoms. The second kappa shape index (κ2) is 3.55. The Bertz CT molecular complexity index is 466. The number of halogens is 2. The Balaban J connectivity index is 2.52. The van der Waals surface area contributed by atoms with Crippen LogP contribution in [-0.4, -0.2) is 20.0 Å². The lowest BCUT2D eigenvalue weighted by molar-refractivity contribution is 0.715. The van der Waals surface area contributed by atoms with Crippen molar-refractivity contribution in [2.75, 3.05) is 0 Å². The van der Waals surface area contributed by atoms with Gasteiger partial charge in [0.1, 0.15) is 10.8 Å². The van der Waals surface area contributed by atoms with Crippen LogP contribution >= 0.6 is 23.2 Å². The average molecular weight is 229 g/mol. The summed E-state index contributed by atoms with van der Waals surface area (Å²) in [6.45, 7) is 0. The molecule has 0 saturated heterocycles.